The third-order valence-corrected chi connectivity index (χ3v) is 5.62. The van der Waals surface area contributed by atoms with Gasteiger partial charge >= 0.3 is 5.97 Å². The average Bonchev–Trinajstić information content (AvgIpc) is 3.04. The van der Waals surface area contributed by atoms with Crippen molar-refractivity contribution in [2.75, 3.05) is 0 Å². The largest absolute Gasteiger partial charge is 0.403 e. The standard InChI is InChI=1S/C21H20N4O6S/c1-13-18(32-17-8-6-5-7-16(17)25(29)30)19(23(22-13)21(2,3)4)31-20(26)14-9-11-15(12-10-14)24(27)28/h5-12H,1-4H3. The first kappa shape index (κ1) is 22.9. The highest BCUT2D eigenvalue weighted by Gasteiger charge is 2.29. The molecular formula is C21H20N4O6S. The van der Waals surface area contributed by atoms with E-state index in [2.05, 4.69) is 5.10 Å². The predicted octanol–water partition coefficient (Wildman–Crippen LogP) is 5.13. The second kappa shape index (κ2) is 8.79. The van der Waals surface area contributed by atoms with E-state index in [9.17, 15) is 25.0 Å². The van der Waals surface area contributed by atoms with E-state index in [4.69, 9.17) is 4.74 Å². The van der Waals surface area contributed by atoms with Crippen LogP contribution in [0.3, 0.4) is 0 Å². The van der Waals surface area contributed by atoms with Gasteiger partial charge in [0.05, 0.1) is 36.4 Å². The molecular weight excluding hydrogens is 436 g/mol. The van der Waals surface area contributed by atoms with Crippen molar-refractivity contribution < 1.29 is 19.4 Å². The Morgan fingerprint density at radius 3 is 2.22 bits per heavy atom. The summed E-state index contributed by atoms with van der Waals surface area (Å²) >= 11 is 1.08. The molecule has 1 heterocycles. The Bertz CT molecular complexity index is 1200. The van der Waals surface area contributed by atoms with Crippen molar-refractivity contribution in [3.05, 3.63) is 80.0 Å². The minimum Gasteiger partial charge on any atom is -0.403 e. The molecule has 0 atom stereocenters. The number of nitro groups is 2. The first-order valence-corrected chi connectivity index (χ1v) is 10.3. The van der Waals surface area contributed by atoms with E-state index in [-0.39, 0.29) is 22.8 Å². The Kier molecular flexibility index (Phi) is 6.30. The third kappa shape index (κ3) is 4.78. The molecule has 0 amide bonds. The summed E-state index contributed by atoms with van der Waals surface area (Å²) < 4.78 is 7.23. The van der Waals surface area contributed by atoms with Crippen LogP contribution < -0.4 is 4.74 Å². The van der Waals surface area contributed by atoms with Crippen LogP contribution in [0.2, 0.25) is 0 Å². The van der Waals surface area contributed by atoms with Crippen molar-refractivity contribution in [3.63, 3.8) is 0 Å². The molecule has 0 N–H and O–H groups in total. The van der Waals surface area contributed by atoms with Crippen molar-refractivity contribution in [1.82, 2.24) is 9.78 Å². The number of non-ortho nitro benzene ring substituents is 1. The average molecular weight is 456 g/mol. The van der Waals surface area contributed by atoms with Crippen LogP contribution in [0, 0.1) is 27.2 Å². The molecule has 3 aromatic rings. The van der Waals surface area contributed by atoms with Crippen LogP contribution in [0.15, 0.2) is 58.3 Å². The van der Waals surface area contributed by atoms with Crippen molar-refractivity contribution in [2.45, 2.75) is 43.0 Å². The molecule has 1 aromatic heterocycles. The third-order valence-electron chi connectivity index (χ3n) is 4.38. The summed E-state index contributed by atoms with van der Waals surface area (Å²) in [5.41, 5.74) is -0.124. The van der Waals surface area contributed by atoms with Crippen LogP contribution in [0.1, 0.15) is 36.8 Å². The minimum atomic E-state index is -0.727. The highest BCUT2D eigenvalue weighted by Crippen LogP contribution is 2.43. The fourth-order valence-electron chi connectivity index (χ4n) is 2.82. The van der Waals surface area contributed by atoms with Gasteiger partial charge in [0.15, 0.2) is 0 Å². The van der Waals surface area contributed by atoms with Crippen molar-refractivity contribution in [1.29, 1.82) is 0 Å². The number of rotatable bonds is 6. The van der Waals surface area contributed by atoms with Crippen LogP contribution >= 0.6 is 11.8 Å². The van der Waals surface area contributed by atoms with Crippen molar-refractivity contribution in [3.8, 4) is 5.88 Å². The Morgan fingerprint density at radius 1 is 1.03 bits per heavy atom. The normalized spacial score (nSPS) is 11.2. The summed E-state index contributed by atoms with van der Waals surface area (Å²) in [5.74, 6) is -0.587. The molecule has 166 valence electrons. The van der Waals surface area contributed by atoms with Crippen LogP contribution in [-0.2, 0) is 5.54 Å². The Balaban J connectivity index is 2.03. The lowest BCUT2D eigenvalue weighted by Crippen LogP contribution is -2.25. The van der Waals surface area contributed by atoms with E-state index in [1.165, 1.54) is 30.3 Å². The number of nitrogens with zero attached hydrogens (tertiary/aromatic N) is 4. The molecule has 0 aliphatic heterocycles. The summed E-state index contributed by atoms with van der Waals surface area (Å²) in [5, 5.41) is 26.8. The summed E-state index contributed by atoms with van der Waals surface area (Å²) in [7, 11) is 0. The number of carbonyl (C=O) groups excluding carboxylic acids is 1. The Hall–Kier alpha value is -3.73. The van der Waals surface area contributed by atoms with Gasteiger partial charge < -0.3 is 4.74 Å². The lowest BCUT2D eigenvalue weighted by Gasteiger charge is -2.22. The zero-order valence-corrected chi connectivity index (χ0v) is 18.6. The summed E-state index contributed by atoms with van der Waals surface area (Å²) in [6.45, 7) is 7.36. The molecule has 32 heavy (non-hydrogen) atoms. The van der Waals surface area contributed by atoms with E-state index in [0.29, 0.717) is 15.5 Å². The number of hydrogen-bond donors (Lipinski definition) is 0. The molecule has 2 aromatic carbocycles. The highest BCUT2D eigenvalue weighted by molar-refractivity contribution is 7.99. The minimum absolute atomic E-state index is 0.0759. The van der Waals surface area contributed by atoms with E-state index in [0.717, 1.165) is 11.8 Å². The number of benzene rings is 2. The van der Waals surface area contributed by atoms with Gasteiger partial charge in [0, 0.05) is 18.2 Å². The molecule has 0 aliphatic rings. The summed E-state index contributed by atoms with van der Waals surface area (Å²) in [4.78, 5) is 34.9. The van der Waals surface area contributed by atoms with Crippen LogP contribution in [0.5, 0.6) is 5.88 Å². The van der Waals surface area contributed by atoms with Crippen LogP contribution in [0.25, 0.3) is 0 Å². The van der Waals surface area contributed by atoms with E-state index in [1.807, 2.05) is 20.8 Å². The maximum Gasteiger partial charge on any atom is 0.344 e. The molecule has 0 bridgehead atoms. The van der Waals surface area contributed by atoms with E-state index in [1.54, 1.807) is 29.8 Å². The number of para-hydroxylation sites is 1. The van der Waals surface area contributed by atoms with E-state index >= 15 is 0 Å². The summed E-state index contributed by atoms with van der Waals surface area (Å²) in [6.07, 6.45) is 0. The van der Waals surface area contributed by atoms with Gasteiger partial charge in [-0.2, -0.15) is 5.10 Å². The number of ether oxygens (including phenoxy) is 1. The number of nitro benzene ring substituents is 2. The molecule has 0 unspecified atom stereocenters. The summed E-state index contributed by atoms with van der Waals surface area (Å²) in [6, 6.07) is 11.3. The zero-order valence-electron chi connectivity index (χ0n) is 17.8. The maximum absolute atomic E-state index is 12.8. The Labute approximate surface area is 187 Å². The lowest BCUT2D eigenvalue weighted by molar-refractivity contribution is -0.387. The first-order valence-electron chi connectivity index (χ1n) is 9.47. The van der Waals surface area contributed by atoms with Gasteiger partial charge in [0.2, 0.25) is 5.88 Å². The highest BCUT2D eigenvalue weighted by atomic mass is 32.2. The molecule has 0 saturated heterocycles. The molecule has 0 spiro atoms. The lowest BCUT2D eigenvalue weighted by atomic mass is 10.1. The smallest absolute Gasteiger partial charge is 0.344 e. The molecule has 11 heteroatoms. The second-order valence-electron chi connectivity index (χ2n) is 7.82. The zero-order chi connectivity index (χ0) is 23.6. The molecule has 0 aliphatic carbocycles. The van der Waals surface area contributed by atoms with Gasteiger partial charge in [0.1, 0.15) is 0 Å². The fraction of sp³-hybridized carbons (Fsp3) is 0.238. The van der Waals surface area contributed by atoms with Crippen molar-refractivity contribution >= 4 is 29.1 Å². The number of aromatic nitrogens is 2. The molecule has 0 saturated carbocycles. The number of esters is 1. The van der Waals surface area contributed by atoms with Crippen molar-refractivity contribution in [2.24, 2.45) is 0 Å². The maximum atomic E-state index is 12.8. The Morgan fingerprint density at radius 2 is 1.66 bits per heavy atom. The van der Waals surface area contributed by atoms with E-state index < -0.39 is 21.4 Å². The van der Waals surface area contributed by atoms with Gasteiger partial charge in [-0.1, -0.05) is 23.9 Å². The van der Waals surface area contributed by atoms with Gasteiger partial charge in [-0.3, -0.25) is 20.2 Å². The number of aryl methyl sites for hydroxylation is 1. The fourth-order valence-corrected chi connectivity index (χ4v) is 3.84. The topological polar surface area (TPSA) is 130 Å². The SMILES string of the molecule is Cc1nn(C(C)(C)C)c(OC(=O)c2ccc([N+](=O)[O-])cc2)c1Sc1ccccc1[N+](=O)[O-]. The van der Waals surface area contributed by atoms with Gasteiger partial charge in [-0.15, -0.1) is 0 Å². The molecule has 10 nitrogen and oxygen atoms in total. The predicted molar refractivity (Wildman–Crippen MR) is 117 cm³/mol. The quantitative estimate of drug-likeness (QED) is 0.283. The number of hydrogen-bond acceptors (Lipinski definition) is 8. The van der Waals surface area contributed by atoms with Gasteiger partial charge in [-0.05, 0) is 45.9 Å². The van der Waals surface area contributed by atoms with Gasteiger partial charge in [-0.25, -0.2) is 9.48 Å². The van der Waals surface area contributed by atoms with Crippen LogP contribution in [0.4, 0.5) is 11.4 Å². The first-order chi connectivity index (χ1) is 15.0. The monoisotopic (exact) mass is 456 g/mol. The number of carbonyl (C=O) groups is 1. The molecule has 0 fully saturated rings. The van der Waals surface area contributed by atoms with Crippen LogP contribution in [-0.4, -0.2) is 25.6 Å². The molecule has 0 radical (unpaired) electrons. The molecule has 3 rings (SSSR count). The second-order valence-corrected chi connectivity index (χ2v) is 8.87. The van der Waals surface area contributed by atoms with Gasteiger partial charge in [0.25, 0.3) is 11.4 Å².